The zero-order valence-corrected chi connectivity index (χ0v) is 9.37. The molecule has 0 aromatic heterocycles. The van der Waals surface area contributed by atoms with Crippen LogP contribution in [0.3, 0.4) is 0 Å². The van der Waals surface area contributed by atoms with Crippen LogP contribution in [-0.4, -0.2) is 12.4 Å². The van der Waals surface area contributed by atoms with Crippen LogP contribution in [0.1, 0.15) is 42.7 Å². The highest BCUT2D eigenvalue weighted by atomic mass is 16.5. The Kier molecular flexibility index (Phi) is 2.43. The van der Waals surface area contributed by atoms with Crippen LogP contribution < -0.4 is 4.74 Å². The number of ether oxygens (including phenoxy) is 1. The third-order valence-corrected chi connectivity index (χ3v) is 3.67. The van der Waals surface area contributed by atoms with Crippen LogP contribution >= 0.6 is 0 Å². The van der Waals surface area contributed by atoms with Crippen LogP contribution in [0.5, 0.6) is 5.75 Å². The van der Waals surface area contributed by atoms with Crippen LogP contribution in [0.25, 0.3) is 0 Å². The molecule has 1 heterocycles. The molecule has 0 N–H and O–H groups in total. The molecule has 1 aromatic rings. The average Bonchev–Trinajstić information content (AvgIpc) is 2.77. The van der Waals surface area contributed by atoms with E-state index in [1.807, 2.05) is 0 Å². The molecule has 0 bridgehead atoms. The number of benzene rings is 1. The molecule has 1 atom stereocenters. The first-order chi connectivity index (χ1) is 7.86. The van der Waals surface area contributed by atoms with Gasteiger partial charge in [0.1, 0.15) is 11.5 Å². The van der Waals surface area contributed by atoms with Crippen LogP contribution in [0, 0.1) is 0 Å². The van der Waals surface area contributed by atoms with Crippen LogP contribution in [-0.2, 0) is 11.2 Å². The highest BCUT2D eigenvalue weighted by Crippen LogP contribution is 2.39. The Bertz CT molecular complexity index is 423. The van der Waals surface area contributed by atoms with E-state index in [-0.39, 0.29) is 5.92 Å². The fraction of sp³-hybridized carbons (Fsp3) is 0.500. The van der Waals surface area contributed by atoms with Crippen molar-refractivity contribution in [1.29, 1.82) is 0 Å². The van der Waals surface area contributed by atoms with Crippen molar-refractivity contribution in [3.05, 3.63) is 29.3 Å². The van der Waals surface area contributed by atoms with Gasteiger partial charge in [0.05, 0.1) is 6.61 Å². The second kappa shape index (κ2) is 3.93. The van der Waals surface area contributed by atoms with Gasteiger partial charge in [0, 0.05) is 24.3 Å². The number of Topliss-reactive ketones (excluding diaryl/α,β-unsaturated/α-hetero) is 1. The van der Waals surface area contributed by atoms with E-state index in [0.29, 0.717) is 5.78 Å². The summed E-state index contributed by atoms with van der Waals surface area (Å²) in [4.78, 5) is 11.9. The Morgan fingerprint density at radius 1 is 1.19 bits per heavy atom. The lowest BCUT2D eigenvalue weighted by atomic mass is 9.82. The average molecular weight is 216 g/mol. The number of carbonyl (C=O) groups excluding carboxylic acids is 1. The maximum Gasteiger partial charge on any atom is 0.140 e. The fourth-order valence-electron chi connectivity index (χ4n) is 2.83. The minimum absolute atomic E-state index is 0.0989. The highest BCUT2D eigenvalue weighted by molar-refractivity contribution is 5.87. The van der Waals surface area contributed by atoms with Gasteiger partial charge in [-0.15, -0.1) is 0 Å². The lowest BCUT2D eigenvalue weighted by molar-refractivity contribution is -0.121. The molecule has 1 fully saturated rings. The van der Waals surface area contributed by atoms with E-state index in [1.54, 1.807) is 0 Å². The number of ketones is 1. The minimum Gasteiger partial charge on any atom is -0.493 e. The molecule has 1 unspecified atom stereocenters. The number of fused-ring (bicyclic) bond motifs is 1. The SMILES string of the molecule is O=C1CCCCC1c1cccc2c1OCC2. The molecule has 16 heavy (non-hydrogen) atoms. The molecular weight excluding hydrogens is 200 g/mol. The summed E-state index contributed by atoms with van der Waals surface area (Å²) in [6.45, 7) is 0.771. The molecule has 0 saturated heterocycles. The van der Waals surface area contributed by atoms with Crippen LogP contribution in [0.4, 0.5) is 0 Å². The van der Waals surface area contributed by atoms with Crippen molar-refractivity contribution in [2.45, 2.75) is 38.0 Å². The number of hydrogen-bond acceptors (Lipinski definition) is 2. The quantitative estimate of drug-likeness (QED) is 0.721. The van der Waals surface area contributed by atoms with Crippen molar-refractivity contribution in [3.63, 3.8) is 0 Å². The molecule has 84 valence electrons. The topological polar surface area (TPSA) is 26.3 Å². The Morgan fingerprint density at radius 2 is 2.12 bits per heavy atom. The monoisotopic (exact) mass is 216 g/mol. The smallest absolute Gasteiger partial charge is 0.140 e. The molecule has 1 aliphatic carbocycles. The first-order valence-corrected chi connectivity index (χ1v) is 6.13. The van der Waals surface area contributed by atoms with Crippen LogP contribution in [0.15, 0.2) is 18.2 Å². The summed E-state index contributed by atoms with van der Waals surface area (Å²) in [6.07, 6.45) is 4.96. The predicted octanol–water partition coefficient (Wildman–Crippen LogP) is 2.85. The Hall–Kier alpha value is -1.31. The van der Waals surface area contributed by atoms with Gasteiger partial charge in [-0.1, -0.05) is 24.6 Å². The molecule has 1 aliphatic heterocycles. The first kappa shape index (κ1) is 9.88. The predicted molar refractivity (Wildman–Crippen MR) is 61.9 cm³/mol. The van der Waals surface area contributed by atoms with Crippen molar-refractivity contribution < 1.29 is 9.53 Å². The number of para-hydroxylation sites is 1. The number of rotatable bonds is 1. The van der Waals surface area contributed by atoms with Crippen molar-refractivity contribution in [3.8, 4) is 5.75 Å². The van der Waals surface area contributed by atoms with Gasteiger partial charge in [0.25, 0.3) is 0 Å². The molecule has 0 amide bonds. The minimum atomic E-state index is 0.0989. The van der Waals surface area contributed by atoms with E-state index in [4.69, 9.17) is 4.74 Å². The molecule has 2 heteroatoms. The molecular formula is C14H16O2. The van der Waals surface area contributed by atoms with E-state index < -0.39 is 0 Å². The zero-order valence-electron chi connectivity index (χ0n) is 9.37. The molecule has 2 aliphatic rings. The standard InChI is InChI=1S/C14H16O2/c15-13-7-2-1-5-11(13)12-6-3-4-10-8-9-16-14(10)12/h3-4,6,11H,1-2,5,7-9H2. The molecule has 1 aromatic carbocycles. The fourth-order valence-corrected chi connectivity index (χ4v) is 2.83. The number of carbonyl (C=O) groups is 1. The number of hydrogen-bond donors (Lipinski definition) is 0. The van der Waals surface area contributed by atoms with Crippen molar-refractivity contribution >= 4 is 5.78 Å². The molecule has 2 nitrogen and oxygen atoms in total. The van der Waals surface area contributed by atoms with Gasteiger partial charge in [-0.2, -0.15) is 0 Å². The Balaban J connectivity index is 1.99. The molecule has 3 rings (SSSR count). The molecule has 0 radical (unpaired) electrons. The lowest BCUT2D eigenvalue weighted by Crippen LogP contribution is -2.17. The molecule has 0 spiro atoms. The largest absolute Gasteiger partial charge is 0.493 e. The van der Waals surface area contributed by atoms with Gasteiger partial charge >= 0.3 is 0 Å². The van der Waals surface area contributed by atoms with Gasteiger partial charge < -0.3 is 4.74 Å². The Labute approximate surface area is 95.6 Å². The second-order valence-electron chi connectivity index (χ2n) is 4.70. The van der Waals surface area contributed by atoms with Gasteiger partial charge in [-0.05, 0) is 18.4 Å². The van der Waals surface area contributed by atoms with Gasteiger partial charge in [0.2, 0.25) is 0 Å². The maximum absolute atomic E-state index is 11.9. The van der Waals surface area contributed by atoms with E-state index in [1.165, 1.54) is 12.0 Å². The van der Waals surface area contributed by atoms with E-state index >= 15 is 0 Å². The summed E-state index contributed by atoms with van der Waals surface area (Å²) in [7, 11) is 0. The summed E-state index contributed by atoms with van der Waals surface area (Å²) >= 11 is 0. The van der Waals surface area contributed by atoms with Crippen molar-refractivity contribution in [2.24, 2.45) is 0 Å². The van der Waals surface area contributed by atoms with Gasteiger partial charge in [-0.25, -0.2) is 0 Å². The molecule has 1 saturated carbocycles. The third kappa shape index (κ3) is 1.53. The summed E-state index contributed by atoms with van der Waals surface area (Å²) < 4.78 is 5.68. The summed E-state index contributed by atoms with van der Waals surface area (Å²) in [5, 5.41) is 0. The lowest BCUT2D eigenvalue weighted by Gasteiger charge is -2.22. The summed E-state index contributed by atoms with van der Waals surface area (Å²) in [5.41, 5.74) is 2.41. The van der Waals surface area contributed by atoms with Gasteiger partial charge in [-0.3, -0.25) is 4.79 Å². The highest BCUT2D eigenvalue weighted by Gasteiger charge is 2.28. The Morgan fingerprint density at radius 3 is 3.00 bits per heavy atom. The van der Waals surface area contributed by atoms with Gasteiger partial charge in [0.15, 0.2) is 0 Å². The second-order valence-corrected chi connectivity index (χ2v) is 4.70. The zero-order chi connectivity index (χ0) is 11.0. The van der Waals surface area contributed by atoms with Crippen LogP contribution in [0.2, 0.25) is 0 Å². The van der Waals surface area contributed by atoms with E-state index in [0.717, 1.165) is 43.6 Å². The maximum atomic E-state index is 11.9. The summed E-state index contributed by atoms with van der Waals surface area (Å²) in [6, 6.07) is 6.24. The van der Waals surface area contributed by atoms with Crippen molar-refractivity contribution in [1.82, 2.24) is 0 Å². The van der Waals surface area contributed by atoms with Crippen molar-refractivity contribution in [2.75, 3.05) is 6.61 Å². The summed E-state index contributed by atoms with van der Waals surface area (Å²) in [5.74, 6) is 1.50. The first-order valence-electron chi connectivity index (χ1n) is 6.13. The van der Waals surface area contributed by atoms with E-state index in [2.05, 4.69) is 18.2 Å². The van der Waals surface area contributed by atoms with E-state index in [9.17, 15) is 4.79 Å². The normalized spacial score (nSPS) is 24.0. The third-order valence-electron chi connectivity index (χ3n) is 3.67.